The maximum atomic E-state index is 13.0. The fraction of sp³-hybridized carbons (Fsp3) is 0.350. The Hall–Kier alpha value is -2.89. The number of benzene rings is 1. The molecular weight excluding hydrogens is 328 g/mol. The first-order valence-corrected chi connectivity index (χ1v) is 8.97. The first-order valence-electron chi connectivity index (χ1n) is 8.97. The summed E-state index contributed by atoms with van der Waals surface area (Å²) in [4.78, 5) is 26.8. The molecule has 1 saturated heterocycles. The number of fused-ring (bicyclic) bond motifs is 1. The maximum Gasteiger partial charge on any atom is 0.274 e. The zero-order valence-corrected chi connectivity index (χ0v) is 15.0. The highest BCUT2D eigenvalue weighted by atomic mass is 16.2. The van der Waals surface area contributed by atoms with E-state index in [1.165, 1.54) is 11.4 Å². The molecule has 0 unspecified atom stereocenters. The van der Waals surface area contributed by atoms with Crippen LogP contribution in [-0.2, 0) is 0 Å². The minimum Gasteiger partial charge on any atom is -0.346 e. The van der Waals surface area contributed by atoms with Gasteiger partial charge in [-0.2, -0.15) is 5.10 Å². The third-order valence-corrected chi connectivity index (χ3v) is 5.34. The molecule has 1 aliphatic heterocycles. The van der Waals surface area contributed by atoms with Crippen LogP contribution in [0.15, 0.2) is 41.2 Å². The highest BCUT2D eigenvalue weighted by Crippen LogP contribution is 2.27. The highest BCUT2D eigenvalue weighted by molar-refractivity contribution is 6.04. The van der Waals surface area contributed by atoms with Crippen molar-refractivity contribution in [3.63, 3.8) is 0 Å². The molecular formula is C20H22N4O2. The predicted molar refractivity (Wildman–Crippen MR) is 100 cm³/mol. The molecule has 0 bridgehead atoms. The van der Waals surface area contributed by atoms with E-state index in [0.29, 0.717) is 35.6 Å². The molecule has 3 heterocycles. The average Bonchev–Trinajstić information content (AvgIpc) is 3.00. The van der Waals surface area contributed by atoms with Crippen molar-refractivity contribution >= 4 is 16.7 Å². The summed E-state index contributed by atoms with van der Waals surface area (Å²) in [5, 5.41) is 7.61. The number of likely N-dealkylation sites (tertiary alicyclic amines) is 1. The van der Waals surface area contributed by atoms with Gasteiger partial charge in [0.2, 0.25) is 0 Å². The van der Waals surface area contributed by atoms with Crippen LogP contribution in [0.1, 0.15) is 40.8 Å². The van der Waals surface area contributed by atoms with E-state index in [2.05, 4.69) is 40.7 Å². The van der Waals surface area contributed by atoms with Crippen LogP contribution in [0.3, 0.4) is 0 Å². The fourth-order valence-electron chi connectivity index (χ4n) is 4.01. The van der Waals surface area contributed by atoms with Gasteiger partial charge in [0.25, 0.3) is 11.5 Å². The van der Waals surface area contributed by atoms with Gasteiger partial charge in [0.1, 0.15) is 0 Å². The quantitative estimate of drug-likeness (QED) is 0.772. The molecule has 0 radical (unpaired) electrons. The Balaban J connectivity index is 1.56. The maximum absolute atomic E-state index is 13.0. The lowest BCUT2D eigenvalue weighted by molar-refractivity contribution is 0.0688. The van der Waals surface area contributed by atoms with Gasteiger partial charge in [-0.1, -0.05) is 18.2 Å². The van der Waals surface area contributed by atoms with Gasteiger partial charge in [-0.25, -0.2) is 5.10 Å². The van der Waals surface area contributed by atoms with Gasteiger partial charge in [0, 0.05) is 35.9 Å². The second-order valence-corrected chi connectivity index (χ2v) is 6.96. The molecule has 1 N–H and O–H groups in total. The van der Waals surface area contributed by atoms with E-state index >= 15 is 0 Å². The molecule has 134 valence electrons. The second-order valence-electron chi connectivity index (χ2n) is 6.96. The predicted octanol–water partition coefficient (Wildman–Crippen LogP) is 2.82. The topological polar surface area (TPSA) is 71.0 Å². The number of hydrogen-bond acceptors (Lipinski definition) is 3. The van der Waals surface area contributed by atoms with Crippen LogP contribution in [0.5, 0.6) is 0 Å². The SMILES string of the molecule is Cc1ccc(C)n1C1CCN(C(=O)c2n[nH]c(=O)c3ccccc23)CC1. The minimum absolute atomic E-state index is 0.114. The number of piperidine rings is 1. The van der Waals surface area contributed by atoms with Gasteiger partial charge < -0.3 is 9.47 Å². The summed E-state index contributed by atoms with van der Waals surface area (Å²) in [6.45, 7) is 5.63. The van der Waals surface area contributed by atoms with Crippen LogP contribution in [-0.4, -0.2) is 38.7 Å². The zero-order valence-electron chi connectivity index (χ0n) is 15.0. The van der Waals surface area contributed by atoms with Crippen LogP contribution in [0.4, 0.5) is 0 Å². The second kappa shape index (κ2) is 6.44. The van der Waals surface area contributed by atoms with Crippen LogP contribution in [0, 0.1) is 13.8 Å². The minimum atomic E-state index is -0.269. The first-order chi connectivity index (χ1) is 12.6. The van der Waals surface area contributed by atoms with Crippen molar-refractivity contribution in [3.05, 3.63) is 63.8 Å². The van der Waals surface area contributed by atoms with E-state index in [0.717, 1.165) is 12.8 Å². The van der Waals surface area contributed by atoms with Gasteiger partial charge in [-0.3, -0.25) is 9.59 Å². The number of H-pyrrole nitrogens is 1. The Kier molecular flexibility index (Phi) is 4.11. The molecule has 1 fully saturated rings. The zero-order chi connectivity index (χ0) is 18.3. The van der Waals surface area contributed by atoms with Crippen LogP contribution in [0.25, 0.3) is 10.8 Å². The molecule has 4 rings (SSSR count). The third-order valence-electron chi connectivity index (χ3n) is 5.34. The number of carbonyl (C=O) groups excluding carboxylic acids is 1. The summed E-state index contributed by atoms with van der Waals surface area (Å²) in [5.74, 6) is -0.114. The van der Waals surface area contributed by atoms with Crippen molar-refractivity contribution < 1.29 is 4.79 Å². The van der Waals surface area contributed by atoms with E-state index in [4.69, 9.17) is 0 Å². The normalized spacial score (nSPS) is 15.5. The van der Waals surface area contributed by atoms with Crippen LogP contribution in [0.2, 0.25) is 0 Å². The molecule has 0 atom stereocenters. The number of amides is 1. The number of hydrogen-bond donors (Lipinski definition) is 1. The van der Waals surface area contributed by atoms with Crippen molar-refractivity contribution in [1.82, 2.24) is 19.7 Å². The van der Waals surface area contributed by atoms with Gasteiger partial charge >= 0.3 is 0 Å². The van der Waals surface area contributed by atoms with E-state index in [9.17, 15) is 9.59 Å². The lowest BCUT2D eigenvalue weighted by Gasteiger charge is -2.34. The number of nitrogens with zero attached hydrogens (tertiary/aromatic N) is 3. The Morgan fingerprint density at radius 3 is 2.31 bits per heavy atom. The molecule has 26 heavy (non-hydrogen) atoms. The number of carbonyl (C=O) groups is 1. The van der Waals surface area contributed by atoms with Crippen molar-refractivity contribution in [3.8, 4) is 0 Å². The van der Waals surface area contributed by atoms with E-state index < -0.39 is 0 Å². The highest BCUT2D eigenvalue weighted by Gasteiger charge is 2.27. The molecule has 3 aromatic rings. The van der Waals surface area contributed by atoms with Crippen molar-refractivity contribution in [2.75, 3.05) is 13.1 Å². The molecule has 1 aliphatic rings. The monoisotopic (exact) mass is 350 g/mol. The van der Waals surface area contributed by atoms with Gasteiger partial charge in [-0.15, -0.1) is 0 Å². The Bertz CT molecular complexity index is 1010. The third kappa shape index (κ3) is 2.71. The number of aryl methyl sites for hydroxylation is 2. The van der Waals surface area contributed by atoms with Crippen LogP contribution >= 0.6 is 0 Å². The van der Waals surface area contributed by atoms with Crippen molar-refractivity contribution in [2.24, 2.45) is 0 Å². The van der Waals surface area contributed by atoms with Crippen molar-refractivity contribution in [2.45, 2.75) is 32.7 Å². The Labute approximate surface area is 151 Å². The van der Waals surface area contributed by atoms with Gasteiger partial charge in [0.15, 0.2) is 5.69 Å². The lowest BCUT2D eigenvalue weighted by Crippen LogP contribution is -2.40. The molecule has 0 aliphatic carbocycles. The number of aromatic amines is 1. The molecule has 1 aromatic carbocycles. The summed E-state index contributed by atoms with van der Waals surface area (Å²) in [6.07, 6.45) is 1.84. The lowest BCUT2D eigenvalue weighted by atomic mass is 10.0. The Morgan fingerprint density at radius 2 is 1.65 bits per heavy atom. The summed E-state index contributed by atoms with van der Waals surface area (Å²) in [7, 11) is 0. The van der Waals surface area contributed by atoms with Crippen LogP contribution < -0.4 is 5.56 Å². The number of aromatic nitrogens is 3. The molecule has 0 saturated carbocycles. The largest absolute Gasteiger partial charge is 0.346 e. The van der Waals surface area contributed by atoms with Gasteiger partial charge in [0.05, 0.1) is 5.39 Å². The summed E-state index contributed by atoms with van der Waals surface area (Å²) >= 11 is 0. The summed E-state index contributed by atoms with van der Waals surface area (Å²) in [6, 6.07) is 11.8. The standard InChI is InChI=1S/C20H22N4O2/c1-13-7-8-14(2)24(13)15-9-11-23(12-10-15)20(26)18-16-5-3-4-6-17(16)19(25)22-21-18/h3-8,15H,9-12H2,1-2H3,(H,22,25). The molecule has 1 amide bonds. The number of nitrogens with one attached hydrogen (secondary N) is 1. The molecule has 6 heteroatoms. The summed E-state index contributed by atoms with van der Waals surface area (Å²) in [5.41, 5.74) is 2.59. The van der Waals surface area contributed by atoms with E-state index in [1.54, 1.807) is 18.2 Å². The van der Waals surface area contributed by atoms with Crippen molar-refractivity contribution in [1.29, 1.82) is 0 Å². The van der Waals surface area contributed by atoms with Gasteiger partial charge in [-0.05, 0) is 44.9 Å². The molecule has 0 spiro atoms. The Morgan fingerprint density at radius 1 is 1.04 bits per heavy atom. The molecule has 2 aromatic heterocycles. The smallest absolute Gasteiger partial charge is 0.274 e. The average molecular weight is 350 g/mol. The van der Waals surface area contributed by atoms with E-state index in [-0.39, 0.29) is 11.5 Å². The first kappa shape index (κ1) is 16.6. The fourth-order valence-corrected chi connectivity index (χ4v) is 4.01. The number of rotatable bonds is 2. The van der Waals surface area contributed by atoms with E-state index in [1.807, 2.05) is 11.0 Å². The summed E-state index contributed by atoms with van der Waals surface area (Å²) < 4.78 is 2.37. The molecule has 6 nitrogen and oxygen atoms in total.